The van der Waals surface area contributed by atoms with Crippen molar-refractivity contribution in [2.75, 3.05) is 13.1 Å². The Labute approximate surface area is 87.6 Å². The lowest BCUT2D eigenvalue weighted by Gasteiger charge is -2.01. The first-order valence-electron chi connectivity index (χ1n) is 4.45. The molecule has 0 bridgehead atoms. The Morgan fingerprint density at radius 3 is 2.67 bits per heavy atom. The Bertz CT molecular complexity index is 304. The van der Waals surface area contributed by atoms with Gasteiger partial charge in [-0.05, 0) is 6.42 Å². The fourth-order valence-electron chi connectivity index (χ4n) is 0.718. The molecule has 0 aromatic heterocycles. The van der Waals surface area contributed by atoms with Gasteiger partial charge in [-0.2, -0.15) is 5.26 Å². The van der Waals surface area contributed by atoms with Gasteiger partial charge in [-0.1, -0.05) is 6.92 Å². The van der Waals surface area contributed by atoms with E-state index in [0.29, 0.717) is 6.54 Å². The Morgan fingerprint density at radius 1 is 1.53 bits per heavy atom. The van der Waals surface area contributed by atoms with E-state index in [1.807, 2.05) is 6.92 Å². The van der Waals surface area contributed by atoms with Crippen LogP contribution in [-0.2, 0) is 9.59 Å². The van der Waals surface area contributed by atoms with Crippen molar-refractivity contribution in [1.82, 2.24) is 10.6 Å². The summed E-state index contributed by atoms with van der Waals surface area (Å²) in [5, 5.41) is 21.7. The van der Waals surface area contributed by atoms with Crippen LogP contribution in [-0.4, -0.2) is 30.1 Å². The number of aliphatic carboxylic acids is 1. The molecule has 6 heteroatoms. The minimum atomic E-state index is -1.15. The van der Waals surface area contributed by atoms with E-state index < -0.39 is 18.4 Å². The Morgan fingerprint density at radius 2 is 2.20 bits per heavy atom. The second-order valence-electron chi connectivity index (χ2n) is 2.70. The van der Waals surface area contributed by atoms with Crippen molar-refractivity contribution in [3.05, 3.63) is 11.8 Å². The van der Waals surface area contributed by atoms with Crippen LogP contribution in [0.2, 0.25) is 0 Å². The smallest absolute Gasteiger partial charge is 0.322 e. The van der Waals surface area contributed by atoms with Crippen LogP contribution in [0.1, 0.15) is 13.3 Å². The highest BCUT2D eigenvalue weighted by Crippen LogP contribution is 1.89. The van der Waals surface area contributed by atoms with E-state index in [1.54, 1.807) is 6.07 Å². The first-order chi connectivity index (χ1) is 7.11. The fraction of sp³-hybridized carbons (Fsp3) is 0.444. The molecule has 0 aromatic carbocycles. The maximum absolute atomic E-state index is 11.2. The lowest BCUT2D eigenvalue weighted by Crippen LogP contribution is -2.30. The third-order valence-corrected chi connectivity index (χ3v) is 1.41. The molecule has 0 heterocycles. The molecule has 82 valence electrons. The number of hydrogen-bond acceptors (Lipinski definition) is 4. The van der Waals surface area contributed by atoms with Gasteiger partial charge >= 0.3 is 5.97 Å². The first kappa shape index (κ1) is 13.0. The zero-order valence-corrected chi connectivity index (χ0v) is 8.41. The third-order valence-electron chi connectivity index (χ3n) is 1.41. The largest absolute Gasteiger partial charge is 0.480 e. The zero-order valence-electron chi connectivity index (χ0n) is 8.41. The van der Waals surface area contributed by atoms with Crippen molar-refractivity contribution in [3.63, 3.8) is 0 Å². The molecule has 0 saturated heterocycles. The Kier molecular flexibility index (Phi) is 6.38. The van der Waals surface area contributed by atoms with Gasteiger partial charge in [-0.3, -0.25) is 9.59 Å². The highest BCUT2D eigenvalue weighted by Gasteiger charge is 2.09. The van der Waals surface area contributed by atoms with Crippen molar-refractivity contribution in [2.45, 2.75) is 13.3 Å². The topological polar surface area (TPSA) is 102 Å². The molecule has 0 rings (SSSR count). The van der Waals surface area contributed by atoms with Crippen LogP contribution in [0.5, 0.6) is 0 Å². The van der Waals surface area contributed by atoms with E-state index in [4.69, 9.17) is 10.4 Å². The van der Waals surface area contributed by atoms with E-state index >= 15 is 0 Å². The minimum Gasteiger partial charge on any atom is -0.480 e. The monoisotopic (exact) mass is 211 g/mol. The van der Waals surface area contributed by atoms with Crippen LogP contribution in [0, 0.1) is 11.3 Å². The summed E-state index contributed by atoms with van der Waals surface area (Å²) in [5.74, 6) is -1.84. The van der Waals surface area contributed by atoms with Crippen molar-refractivity contribution in [2.24, 2.45) is 0 Å². The molecule has 6 nitrogen and oxygen atoms in total. The van der Waals surface area contributed by atoms with Gasteiger partial charge < -0.3 is 15.7 Å². The quantitative estimate of drug-likeness (QED) is 0.315. The summed E-state index contributed by atoms with van der Waals surface area (Å²) in [7, 11) is 0. The van der Waals surface area contributed by atoms with Crippen LogP contribution in [0.15, 0.2) is 11.8 Å². The number of rotatable bonds is 6. The van der Waals surface area contributed by atoms with Gasteiger partial charge in [0.15, 0.2) is 0 Å². The molecule has 1 amide bonds. The summed E-state index contributed by atoms with van der Waals surface area (Å²) in [6.07, 6.45) is 2.15. The second-order valence-corrected chi connectivity index (χ2v) is 2.70. The summed E-state index contributed by atoms with van der Waals surface area (Å²) in [6, 6.07) is 1.68. The molecule has 0 radical (unpaired) electrons. The van der Waals surface area contributed by atoms with Gasteiger partial charge in [0, 0.05) is 12.7 Å². The summed E-state index contributed by atoms with van der Waals surface area (Å²) in [6.45, 7) is 2.10. The molecule has 0 aliphatic heterocycles. The maximum atomic E-state index is 11.2. The lowest BCUT2D eigenvalue weighted by molar-refractivity contribution is -0.137. The van der Waals surface area contributed by atoms with Gasteiger partial charge in [0.2, 0.25) is 0 Å². The van der Waals surface area contributed by atoms with Gasteiger partial charge in [0.05, 0.1) is 0 Å². The summed E-state index contributed by atoms with van der Waals surface area (Å²) < 4.78 is 0. The highest BCUT2D eigenvalue weighted by atomic mass is 16.4. The number of amides is 1. The summed E-state index contributed by atoms with van der Waals surface area (Å²) >= 11 is 0. The maximum Gasteiger partial charge on any atom is 0.322 e. The zero-order chi connectivity index (χ0) is 11.7. The first-order valence-corrected chi connectivity index (χ1v) is 4.45. The van der Waals surface area contributed by atoms with Gasteiger partial charge in [0.1, 0.15) is 18.2 Å². The number of hydrogen-bond donors (Lipinski definition) is 3. The molecule has 0 fully saturated rings. The second kappa shape index (κ2) is 7.38. The normalized spacial score (nSPS) is 10.3. The summed E-state index contributed by atoms with van der Waals surface area (Å²) in [4.78, 5) is 21.3. The number of carbonyl (C=O) groups excluding carboxylic acids is 1. The molecule has 3 N–H and O–H groups in total. The van der Waals surface area contributed by atoms with Crippen LogP contribution in [0.25, 0.3) is 0 Å². The Hall–Kier alpha value is -2.03. The van der Waals surface area contributed by atoms with Crippen molar-refractivity contribution in [1.29, 1.82) is 5.26 Å². The summed E-state index contributed by atoms with van der Waals surface area (Å²) in [5.41, 5.74) is -0.135. The van der Waals surface area contributed by atoms with Crippen molar-refractivity contribution >= 4 is 11.9 Å². The molecule has 0 aliphatic carbocycles. The van der Waals surface area contributed by atoms with Crippen LogP contribution < -0.4 is 10.6 Å². The SMILES string of the molecule is CCCN/C=C(/C#N)C(=O)NCC(=O)O. The van der Waals surface area contributed by atoms with E-state index in [1.165, 1.54) is 6.20 Å². The average molecular weight is 211 g/mol. The van der Waals surface area contributed by atoms with Gasteiger partial charge in [-0.15, -0.1) is 0 Å². The van der Waals surface area contributed by atoms with Gasteiger partial charge in [-0.25, -0.2) is 0 Å². The fourth-order valence-corrected chi connectivity index (χ4v) is 0.718. The standard InChI is InChI=1S/C9H13N3O3/c1-2-3-11-5-7(4-10)9(15)12-6-8(13)14/h5,11H,2-3,6H2,1H3,(H,12,15)(H,13,14)/b7-5-. The molecule has 15 heavy (non-hydrogen) atoms. The molecular weight excluding hydrogens is 198 g/mol. The highest BCUT2D eigenvalue weighted by molar-refractivity contribution is 5.98. The molecule has 0 unspecified atom stereocenters. The number of carboxylic acids is 1. The van der Waals surface area contributed by atoms with Crippen LogP contribution in [0.3, 0.4) is 0 Å². The molecule has 0 aromatic rings. The molecule has 0 atom stereocenters. The number of carboxylic acid groups (broad SMARTS) is 1. The number of nitrogens with zero attached hydrogens (tertiary/aromatic N) is 1. The van der Waals surface area contributed by atoms with E-state index in [0.717, 1.165) is 6.42 Å². The van der Waals surface area contributed by atoms with Crippen molar-refractivity contribution in [3.8, 4) is 6.07 Å². The van der Waals surface area contributed by atoms with Crippen molar-refractivity contribution < 1.29 is 14.7 Å². The van der Waals surface area contributed by atoms with Crippen LogP contribution in [0.4, 0.5) is 0 Å². The van der Waals surface area contributed by atoms with E-state index in [-0.39, 0.29) is 5.57 Å². The predicted octanol–water partition coefficient (Wildman–Crippen LogP) is -0.406. The van der Waals surface area contributed by atoms with E-state index in [2.05, 4.69) is 10.6 Å². The van der Waals surface area contributed by atoms with Crippen LogP contribution >= 0.6 is 0 Å². The molecule has 0 saturated carbocycles. The van der Waals surface area contributed by atoms with Gasteiger partial charge in [0.25, 0.3) is 5.91 Å². The van der Waals surface area contributed by atoms with E-state index in [9.17, 15) is 9.59 Å². The predicted molar refractivity (Wildman–Crippen MR) is 52.6 cm³/mol. The lowest BCUT2D eigenvalue weighted by atomic mass is 10.3. The number of carbonyl (C=O) groups is 2. The molecular formula is C9H13N3O3. The number of nitriles is 1. The average Bonchev–Trinajstić information content (AvgIpc) is 2.21. The third kappa shape index (κ3) is 6.10. The number of nitrogens with one attached hydrogen (secondary N) is 2. The minimum absolute atomic E-state index is 0.135. The Balaban J connectivity index is 4.17. The molecule has 0 aliphatic rings. The molecule has 0 spiro atoms.